The molecule has 0 aromatic heterocycles. The molecule has 5 nitrogen and oxygen atoms in total. The van der Waals surface area contributed by atoms with Gasteiger partial charge in [0.25, 0.3) is 5.91 Å². The molecule has 1 unspecified atom stereocenters. The van der Waals surface area contributed by atoms with Gasteiger partial charge >= 0.3 is 5.97 Å². The SMILES string of the molecule is CCC1(C(=O)O)CCCN1c1cccc(F)c1C(N)=O. The molecular formula is C14H17FN2O3. The Kier molecular flexibility index (Phi) is 3.65. The minimum Gasteiger partial charge on any atom is -0.479 e. The first kappa shape index (κ1) is 14.3. The fraction of sp³-hybridized carbons (Fsp3) is 0.429. The highest BCUT2D eigenvalue weighted by Gasteiger charge is 2.47. The first-order valence-corrected chi connectivity index (χ1v) is 6.53. The van der Waals surface area contributed by atoms with Gasteiger partial charge in [0.15, 0.2) is 0 Å². The summed E-state index contributed by atoms with van der Waals surface area (Å²) >= 11 is 0. The Labute approximate surface area is 116 Å². The van der Waals surface area contributed by atoms with Crippen LogP contribution >= 0.6 is 0 Å². The van der Waals surface area contributed by atoms with Crippen LogP contribution in [0.2, 0.25) is 0 Å². The van der Waals surface area contributed by atoms with Crippen LogP contribution in [0.25, 0.3) is 0 Å². The summed E-state index contributed by atoms with van der Waals surface area (Å²) in [6.07, 6.45) is 1.51. The first-order chi connectivity index (χ1) is 9.44. The predicted octanol–water partition coefficient (Wildman–Crippen LogP) is 1.76. The van der Waals surface area contributed by atoms with Crippen molar-refractivity contribution in [2.45, 2.75) is 31.7 Å². The first-order valence-electron chi connectivity index (χ1n) is 6.53. The summed E-state index contributed by atoms with van der Waals surface area (Å²) in [5.41, 5.74) is 4.16. The summed E-state index contributed by atoms with van der Waals surface area (Å²) in [6.45, 7) is 2.24. The van der Waals surface area contributed by atoms with Gasteiger partial charge in [-0.2, -0.15) is 0 Å². The normalized spacial score (nSPS) is 22.0. The van der Waals surface area contributed by atoms with Crippen molar-refractivity contribution in [3.8, 4) is 0 Å². The average molecular weight is 280 g/mol. The third-order valence-electron chi connectivity index (χ3n) is 4.00. The number of benzene rings is 1. The minimum atomic E-state index is -1.10. The molecule has 1 atom stereocenters. The van der Waals surface area contributed by atoms with Crippen molar-refractivity contribution in [3.63, 3.8) is 0 Å². The monoisotopic (exact) mass is 280 g/mol. The minimum absolute atomic E-state index is 0.242. The van der Waals surface area contributed by atoms with Gasteiger partial charge in [-0.25, -0.2) is 9.18 Å². The van der Waals surface area contributed by atoms with E-state index in [-0.39, 0.29) is 11.3 Å². The third-order valence-corrected chi connectivity index (χ3v) is 4.00. The molecule has 0 bridgehead atoms. The number of hydrogen-bond acceptors (Lipinski definition) is 3. The number of carboxylic acid groups (broad SMARTS) is 1. The number of carbonyl (C=O) groups is 2. The molecule has 1 aliphatic heterocycles. The van der Waals surface area contributed by atoms with Crippen molar-refractivity contribution < 1.29 is 19.1 Å². The number of hydrogen-bond donors (Lipinski definition) is 2. The molecule has 1 aromatic carbocycles. The maximum atomic E-state index is 13.8. The van der Waals surface area contributed by atoms with Gasteiger partial charge in [-0.1, -0.05) is 13.0 Å². The van der Waals surface area contributed by atoms with Gasteiger partial charge in [0.05, 0.1) is 11.3 Å². The van der Waals surface area contributed by atoms with E-state index in [0.29, 0.717) is 25.8 Å². The number of amides is 1. The second-order valence-electron chi connectivity index (χ2n) is 4.94. The number of primary amides is 1. The highest BCUT2D eigenvalue weighted by molar-refractivity contribution is 6.00. The maximum Gasteiger partial charge on any atom is 0.329 e. The molecule has 1 fully saturated rings. The van der Waals surface area contributed by atoms with E-state index < -0.39 is 23.2 Å². The Morgan fingerprint density at radius 2 is 2.20 bits per heavy atom. The van der Waals surface area contributed by atoms with Crippen molar-refractivity contribution in [1.29, 1.82) is 0 Å². The van der Waals surface area contributed by atoms with Crippen LogP contribution in [-0.2, 0) is 4.79 Å². The summed E-state index contributed by atoms with van der Waals surface area (Å²) < 4.78 is 13.8. The van der Waals surface area contributed by atoms with Crippen LogP contribution in [0, 0.1) is 5.82 Å². The van der Waals surface area contributed by atoms with Crippen LogP contribution in [0.1, 0.15) is 36.5 Å². The molecule has 0 radical (unpaired) electrons. The number of anilines is 1. The fourth-order valence-corrected chi connectivity index (χ4v) is 2.95. The lowest BCUT2D eigenvalue weighted by Crippen LogP contribution is -2.51. The topological polar surface area (TPSA) is 83.6 Å². The fourth-order valence-electron chi connectivity index (χ4n) is 2.95. The van der Waals surface area contributed by atoms with E-state index in [4.69, 9.17) is 5.73 Å². The molecule has 6 heteroatoms. The van der Waals surface area contributed by atoms with E-state index in [1.54, 1.807) is 17.9 Å². The molecule has 1 amide bonds. The molecule has 0 saturated carbocycles. The number of aliphatic carboxylic acids is 1. The molecule has 0 spiro atoms. The number of rotatable bonds is 4. The summed E-state index contributed by atoms with van der Waals surface area (Å²) in [4.78, 5) is 24.7. The summed E-state index contributed by atoms with van der Waals surface area (Å²) in [7, 11) is 0. The highest BCUT2D eigenvalue weighted by atomic mass is 19.1. The standard InChI is InChI=1S/C14H17FN2O3/c1-2-14(13(19)20)7-4-8-17(14)10-6-3-5-9(15)11(10)12(16)18/h3,5-6H,2,4,7-8H2,1H3,(H2,16,18)(H,19,20). The number of carboxylic acids is 1. The number of halogens is 1. The number of carbonyl (C=O) groups excluding carboxylic acids is 1. The lowest BCUT2D eigenvalue weighted by molar-refractivity contribution is -0.143. The van der Waals surface area contributed by atoms with E-state index in [0.717, 1.165) is 6.07 Å². The van der Waals surface area contributed by atoms with E-state index in [2.05, 4.69) is 0 Å². The quantitative estimate of drug-likeness (QED) is 0.880. The van der Waals surface area contributed by atoms with Crippen LogP contribution in [0.15, 0.2) is 18.2 Å². The van der Waals surface area contributed by atoms with Crippen molar-refractivity contribution in [3.05, 3.63) is 29.6 Å². The van der Waals surface area contributed by atoms with Crippen molar-refractivity contribution in [2.75, 3.05) is 11.4 Å². The summed E-state index contributed by atoms with van der Waals surface area (Å²) in [6, 6.07) is 4.15. The van der Waals surface area contributed by atoms with Crippen molar-refractivity contribution in [2.24, 2.45) is 5.73 Å². The third kappa shape index (κ3) is 2.01. The Morgan fingerprint density at radius 1 is 1.50 bits per heavy atom. The molecule has 1 saturated heterocycles. The molecule has 1 aliphatic rings. The Balaban J connectivity index is 2.59. The maximum absolute atomic E-state index is 13.8. The zero-order chi connectivity index (χ0) is 14.9. The Morgan fingerprint density at radius 3 is 2.75 bits per heavy atom. The Bertz CT molecular complexity index is 561. The van der Waals surface area contributed by atoms with Crippen LogP contribution in [0.4, 0.5) is 10.1 Å². The van der Waals surface area contributed by atoms with Crippen LogP contribution in [0.3, 0.4) is 0 Å². The van der Waals surface area contributed by atoms with Crippen LogP contribution in [-0.4, -0.2) is 29.1 Å². The molecule has 108 valence electrons. The molecule has 1 aromatic rings. The van der Waals surface area contributed by atoms with Gasteiger partial charge in [0.1, 0.15) is 11.4 Å². The molecule has 3 N–H and O–H groups in total. The number of nitrogens with zero attached hydrogens (tertiary/aromatic N) is 1. The average Bonchev–Trinajstić information content (AvgIpc) is 2.82. The highest BCUT2D eigenvalue weighted by Crippen LogP contribution is 2.39. The lowest BCUT2D eigenvalue weighted by atomic mass is 9.92. The lowest BCUT2D eigenvalue weighted by Gasteiger charge is -2.36. The van der Waals surface area contributed by atoms with E-state index in [9.17, 15) is 19.1 Å². The smallest absolute Gasteiger partial charge is 0.329 e. The van der Waals surface area contributed by atoms with E-state index in [1.165, 1.54) is 6.07 Å². The molecule has 2 rings (SSSR count). The van der Waals surface area contributed by atoms with E-state index in [1.807, 2.05) is 0 Å². The van der Waals surface area contributed by atoms with Crippen LogP contribution < -0.4 is 10.6 Å². The summed E-state index contributed by atoms with van der Waals surface area (Å²) in [5, 5.41) is 9.54. The second-order valence-corrected chi connectivity index (χ2v) is 4.94. The summed E-state index contributed by atoms with van der Waals surface area (Å²) in [5.74, 6) is -2.57. The van der Waals surface area contributed by atoms with Gasteiger partial charge in [-0.15, -0.1) is 0 Å². The van der Waals surface area contributed by atoms with Crippen molar-refractivity contribution in [1.82, 2.24) is 0 Å². The molecule has 1 heterocycles. The predicted molar refractivity (Wildman–Crippen MR) is 72.2 cm³/mol. The largest absolute Gasteiger partial charge is 0.479 e. The van der Waals surface area contributed by atoms with Crippen LogP contribution in [0.5, 0.6) is 0 Å². The van der Waals surface area contributed by atoms with Gasteiger partial charge in [-0.05, 0) is 31.4 Å². The van der Waals surface area contributed by atoms with Gasteiger partial charge < -0.3 is 15.7 Å². The zero-order valence-corrected chi connectivity index (χ0v) is 11.2. The molecule has 20 heavy (non-hydrogen) atoms. The second kappa shape index (κ2) is 5.11. The van der Waals surface area contributed by atoms with Gasteiger partial charge in [0, 0.05) is 6.54 Å². The Hall–Kier alpha value is -2.11. The van der Waals surface area contributed by atoms with E-state index >= 15 is 0 Å². The van der Waals surface area contributed by atoms with Crippen molar-refractivity contribution >= 4 is 17.6 Å². The molecule has 0 aliphatic carbocycles. The van der Waals surface area contributed by atoms with Gasteiger partial charge in [0.2, 0.25) is 0 Å². The zero-order valence-electron chi connectivity index (χ0n) is 11.2. The molecular weight excluding hydrogens is 263 g/mol. The number of nitrogens with two attached hydrogens (primary N) is 1. The van der Waals surface area contributed by atoms with Gasteiger partial charge in [-0.3, -0.25) is 4.79 Å².